The number of benzene rings is 1. The highest BCUT2D eigenvalue weighted by molar-refractivity contribution is 6.30. The van der Waals surface area contributed by atoms with E-state index in [1.807, 2.05) is 0 Å². The molecule has 1 unspecified atom stereocenters. The molecule has 1 heterocycles. The molecule has 102 valence electrons. The molecule has 0 bridgehead atoms. The van der Waals surface area contributed by atoms with Crippen LogP contribution in [0.2, 0.25) is 5.02 Å². The van der Waals surface area contributed by atoms with Crippen molar-refractivity contribution in [1.29, 1.82) is 0 Å². The smallest absolute Gasteiger partial charge is 0.343 e. The fraction of sp³-hybridized carbons (Fsp3) is 0.333. The van der Waals surface area contributed by atoms with Crippen LogP contribution in [0.1, 0.15) is 16.8 Å². The quantitative estimate of drug-likeness (QED) is 0.907. The minimum Gasteiger partial charge on any atom is -0.479 e. The fourth-order valence-electron chi connectivity index (χ4n) is 1.93. The first-order valence-electron chi connectivity index (χ1n) is 5.50. The predicted molar refractivity (Wildman–Crippen MR) is 63.4 cm³/mol. The summed E-state index contributed by atoms with van der Waals surface area (Å²) in [6, 6.07) is 3.48. The summed E-state index contributed by atoms with van der Waals surface area (Å²) in [5.74, 6) is -2.96. The Bertz CT molecular complexity index is 552. The minimum atomic E-state index is -2.43. The van der Waals surface area contributed by atoms with Crippen molar-refractivity contribution in [3.8, 4) is 0 Å². The molecule has 1 aliphatic heterocycles. The molecular weight excluding hydrogens is 280 g/mol. The molecule has 19 heavy (non-hydrogen) atoms. The van der Waals surface area contributed by atoms with Crippen molar-refractivity contribution >= 4 is 23.5 Å². The number of hydrogen-bond donors (Lipinski definition) is 1. The lowest BCUT2D eigenvalue weighted by molar-refractivity contribution is -0.149. The van der Waals surface area contributed by atoms with Crippen LogP contribution in [-0.4, -0.2) is 40.6 Å². The molecule has 0 aliphatic carbocycles. The molecule has 0 saturated carbocycles. The lowest BCUT2D eigenvalue weighted by Gasteiger charge is -2.17. The maximum absolute atomic E-state index is 13.8. The Morgan fingerprint density at radius 3 is 2.63 bits per heavy atom. The van der Waals surface area contributed by atoms with Gasteiger partial charge in [0.25, 0.3) is 5.91 Å². The summed E-state index contributed by atoms with van der Waals surface area (Å²) < 4.78 is 27.1. The lowest BCUT2D eigenvalue weighted by atomic mass is 10.1. The molecule has 1 N–H and O–H groups in total. The monoisotopic (exact) mass is 289 g/mol. The number of carboxylic acids is 1. The van der Waals surface area contributed by atoms with Gasteiger partial charge in [-0.2, -0.15) is 0 Å². The second-order valence-electron chi connectivity index (χ2n) is 4.38. The first-order valence-corrected chi connectivity index (χ1v) is 5.88. The van der Waals surface area contributed by atoms with E-state index < -0.39 is 29.9 Å². The second kappa shape index (κ2) is 4.77. The van der Waals surface area contributed by atoms with Crippen molar-refractivity contribution in [1.82, 2.24) is 4.90 Å². The van der Waals surface area contributed by atoms with Gasteiger partial charge < -0.3 is 10.0 Å². The minimum absolute atomic E-state index is 0.0107. The molecule has 1 saturated heterocycles. The maximum atomic E-state index is 13.8. The van der Waals surface area contributed by atoms with Gasteiger partial charge in [-0.05, 0) is 18.2 Å². The Kier molecular flexibility index (Phi) is 3.45. The zero-order valence-corrected chi connectivity index (χ0v) is 10.5. The number of carbonyl (C=O) groups excluding carboxylic acids is 1. The topological polar surface area (TPSA) is 57.6 Å². The number of carboxylic acid groups (broad SMARTS) is 1. The van der Waals surface area contributed by atoms with Gasteiger partial charge in [0.1, 0.15) is 5.82 Å². The Labute approximate surface area is 112 Å². The van der Waals surface area contributed by atoms with Crippen LogP contribution in [0.5, 0.6) is 0 Å². The SMILES string of the molecule is O=C(c1ccc(Cl)c(F)c1)N1CCC(F)(C(=O)O)C1. The van der Waals surface area contributed by atoms with E-state index in [1.54, 1.807) is 0 Å². The van der Waals surface area contributed by atoms with E-state index in [0.29, 0.717) is 0 Å². The number of halogens is 3. The van der Waals surface area contributed by atoms with Gasteiger partial charge in [0.05, 0.1) is 11.6 Å². The van der Waals surface area contributed by atoms with Crippen molar-refractivity contribution in [3.63, 3.8) is 0 Å². The normalized spacial score (nSPS) is 22.6. The average Bonchev–Trinajstić information content (AvgIpc) is 2.76. The van der Waals surface area contributed by atoms with Gasteiger partial charge in [0.2, 0.25) is 5.67 Å². The number of likely N-dealkylation sites (tertiary alicyclic amines) is 1. The summed E-state index contributed by atoms with van der Waals surface area (Å²) in [4.78, 5) is 23.8. The van der Waals surface area contributed by atoms with Crippen LogP contribution in [0.15, 0.2) is 18.2 Å². The number of alkyl halides is 1. The van der Waals surface area contributed by atoms with Gasteiger partial charge in [0, 0.05) is 18.5 Å². The van der Waals surface area contributed by atoms with Crippen LogP contribution in [0.3, 0.4) is 0 Å². The lowest BCUT2D eigenvalue weighted by Crippen LogP contribution is -2.38. The molecule has 2 rings (SSSR count). The summed E-state index contributed by atoms with van der Waals surface area (Å²) in [7, 11) is 0. The molecular formula is C12H10ClF2NO3. The molecule has 4 nitrogen and oxygen atoms in total. The van der Waals surface area contributed by atoms with E-state index in [-0.39, 0.29) is 23.6 Å². The summed E-state index contributed by atoms with van der Waals surface area (Å²) in [5, 5.41) is 8.61. The Hall–Kier alpha value is -1.69. The van der Waals surface area contributed by atoms with Crippen molar-refractivity contribution in [2.75, 3.05) is 13.1 Å². The third-order valence-corrected chi connectivity index (χ3v) is 3.36. The largest absolute Gasteiger partial charge is 0.479 e. The van der Waals surface area contributed by atoms with Crippen LogP contribution in [0.25, 0.3) is 0 Å². The van der Waals surface area contributed by atoms with E-state index >= 15 is 0 Å². The zero-order valence-electron chi connectivity index (χ0n) is 9.70. The molecule has 1 aromatic rings. The van der Waals surface area contributed by atoms with Gasteiger partial charge in [-0.1, -0.05) is 11.6 Å². The number of nitrogens with zero attached hydrogens (tertiary/aromatic N) is 1. The summed E-state index contributed by atoms with van der Waals surface area (Å²) >= 11 is 5.49. The van der Waals surface area contributed by atoms with Crippen LogP contribution in [0, 0.1) is 5.82 Å². The fourth-order valence-corrected chi connectivity index (χ4v) is 2.05. The number of carbonyl (C=O) groups is 2. The second-order valence-corrected chi connectivity index (χ2v) is 4.78. The Balaban J connectivity index is 2.18. The van der Waals surface area contributed by atoms with Crippen LogP contribution in [-0.2, 0) is 4.79 Å². The highest BCUT2D eigenvalue weighted by Crippen LogP contribution is 2.27. The molecule has 7 heteroatoms. The highest BCUT2D eigenvalue weighted by Gasteiger charge is 2.47. The van der Waals surface area contributed by atoms with E-state index in [1.165, 1.54) is 12.1 Å². The number of hydrogen-bond acceptors (Lipinski definition) is 2. The summed E-state index contributed by atoms with van der Waals surface area (Å²) in [6.07, 6.45) is -0.274. The van der Waals surface area contributed by atoms with Gasteiger partial charge in [0.15, 0.2) is 0 Å². The third-order valence-electron chi connectivity index (χ3n) is 3.06. The first-order chi connectivity index (χ1) is 8.83. The van der Waals surface area contributed by atoms with Crippen molar-refractivity contribution in [2.45, 2.75) is 12.1 Å². The molecule has 0 radical (unpaired) electrons. The molecule has 1 atom stereocenters. The van der Waals surface area contributed by atoms with Gasteiger partial charge in [-0.15, -0.1) is 0 Å². The highest BCUT2D eigenvalue weighted by atomic mass is 35.5. The van der Waals surface area contributed by atoms with E-state index in [2.05, 4.69) is 0 Å². The van der Waals surface area contributed by atoms with E-state index in [9.17, 15) is 18.4 Å². The van der Waals surface area contributed by atoms with Crippen LogP contribution >= 0.6 is 11.6 Å². The van der Waals surface area contributed by atoms with Gasteiger partial charge in [-0.3, -0.25) is 4.79 Å². The Morgan fingerprint density at radius 2 is 2.11 bits per heavy atom. The van der Waals surface area contributed by atoms with Gasteiger partial charge >= 0.3 is 5.97 Å². The van der Waals surface area contributed by atoms with E-state index in [4.69, 9.17) is 16.7 Å². The van der Waals surface area contributed by atoms with Gasteiger partial charge in [-0.25, -0.2) is 13.6 Å². The summed E-state index contributed by atoms with van der Waals surface area (Å²) in [6.45, 7) is -0.558. The molecule has 1 fully saturated rings. The predicted octanol–water partition coefficient (Wildman–Crippen LogP) is 2.12. The van der Waals surface area contributed by atoms with Crippen molar-refractivity contribution in [2.24, 2.45) is 0 Å². The maximum Gasteiger partial charge on any atom is 0.343 e. The number of amides is 1. The molecule has 0 aromatic heterocycles. The Morgan fingerprint density at radius 1 is 1.42 bits per heavy atom. The van der Waals surface area contributed by atoms with Crippen molar-refractivity contribution < 1.29 is 23.5 Å². The molecule has 1 aliphatic rings. The molecule has 1 aromatic carbocycles. The standard InChI is InChI=1S/C12H10ClF2NO3/c13-8-2-1-7(5-9(8)14)10(17)16-4-3-12(15,6-16)11(18)19/h1-2,5H,3-4,6H2,(H,18,19). The third kappa shape index (κ3) is 2.53. The molecule has 0 spiro atoms. The first kappa shape index (κ1) is 13.7. The average molecular weight is 290 g/mol. The van der Waals surface area contributed by atoms with Crippen molar-refractivity contribution in [3.05, 3.63) is 34.6 Å². The number of rotatable bonds is 2. The van der Waals surface area contributed by atoms with E-state index in [0.717, 1.165) is 11.0 Å². The van der Waals surface area contributed by atoms with Crippen LogP contribution in [0.4, 0.5) is 8.78 Å². The zero-order chi connectivity index (χ0) is 14.2. The summed E-state index contributed by atoms with van der Waals surface area (Å²) in [5.41, 5.74) is -2.42. The number of aliphatic carboxylic acids is 1. The van der Waals surface area contributed by atoms with Crippen LogP contribution < -0.4 is 0 Å². The molecule has 1 amide bonds.